The minimum atomic E-state index is -0.611. The van der Waals surface area contributed by atoms with E-state index in [-0.39, 0.29) is 11.6 Å². The van der Waals surface area contributed by atoms with Crippen LogP contribution in [0.15, 0.2) is 60.8 Å². The Morgan fingerprint density at radius 3 is 2.63 bits per heavy atom. The lowest BCUT2D eigenvalue weighted by Gasteiger charge is -2.14. The van der Waals surface area contributed by atoms with Crippen LogP contribution >= 0.6 is 0 Å². The van der Waals surface area contributed by atoms with Crippen LogP contribution < -0.4 is 22.1 Å². The van der Waals surface area contributed by atoms with Crippen LogP contribution in [0.2, 0.25) is 0 Å². The van der Waals surface area contributed by atoms with Gasteiger partial charge in [-0.3, -0.25) is 4.79 Å². The highest BCUT2D eigenvalue weighted by Crippen LogP contribution is 2.25. The smallest absolute Gasteiger partial charge is 0.254 e. The quantitative estimate of drug-likeness (QED) is 0.407. The Morgan fingerprint density at radius 1 is 1.13 bits per heavy atom. The predicted octanol–water partition coefficient (Wildman–Crippen LogP) is 2.76. The van der Waals surface area contributed by atoms with Gasteiger partial charge in [-0.05, 0) is 29.7 Å². The number of hydrogen-bond acceptors (Lipinski definition) is 7. The number of carbonyl (C=O) groups is 1. The number of carbonyl (C=O) groups excluding carboxylic acids is 1. The number of benzene rings is 2. The van der Waals surface area contributed by atoms with E-state index >= 15 is 0 Å². The number of rotatable bonds is 10. The Labute approximate surface area is 175 Å². The van der Waals surface area contributed by atoms with Crippen LogP contribution in [0.25, 0.3) is 11.1 Å². The molecule has 8 heteroatoms. The molecule has 1 heterocycles. The van der Waals surface area contributed by atoms with E-state index in [9.17, 15) is 4.79 Å². The van der Waals surface area contributed by atoms with Crippen molar-refractivity contribution in [2.45, 2.75) is 12.5 Å². The summed E-state index contributed by atoms with van der Waals surface area (Å²) in [7, 11) is 1.64. The van der Waals surface area contributed by atoms with E-state index < -0.39 is 5.91 Å². The Morgan fingerprint density at radius 2 is 1.90 bits per heavy atom. The highest BCUT2D eigenvalue weighted by Gasteiger charge is 2.13. The van der Waals surface area contributed by atoms with E-state index in [0.29, 0.717) is 31.3 Å². The third kappa shape index (κ3) is 5.76. The number of nitrogens with two attached hydrogens (primary N) is 2. The number of hydrogen-bond donors (Lipinski definition) is 4. The molecule has 0 fully saturated rings. The summed E-state index contributed by atoms with van der Waals surface area (Å²) in [5.41, 5.74) is 14.6. The Bertz CT molecular complexity index is 980. The van der Waals surface area contributed by atoms with Gasteiger partial charge in [-0.25, -0.2) is 4.98 Å². The molecule has 30 heavy (non-hydrogen) atoms. The molecule has 6 N–H and O–H groups in total. The van der Waals surface area contributed by atoms with Gasteiger partial charge >= 0.3 is 0 Å². The number of nitrogens with one attached hydrogen (secondary N) is 2. The lowest BCUT2D eigenvalue weighted by atomic mass is 10.1. The molecule has 1 amide bonds. The van der Waals surface area contributed by atoms with Gasteiger partial charge in [-0.2, -0.15) is 4.98 Å². The summed E-state index contributed by atoms with van der Waals surface area (Å²) < 4.78 is 5.03. The molecule has 0 saturated heterocycles. The topological polar surface area (TPSA) is 128 Å². The van der Waals surface area contributed by atoms with Crippen LogP contribution in [-0.4, -0.2) is 42.2 Å². The van der Waals surface area contributed by atoms with Crippen LogP contribution in [-0.2, 0) is 4.74 Å². The largest absolute Gasteiger partial charge is 0.385 e. The molecule has 0 unspecified atom stereocenters. The molecular formula is C22H26N6O2. The van der Waals surface area contributed by atoms with Gasteiger partial charge in [0.2, 0.25) is 5.95 Å². The zero-order valence-corrected chi connectivity index (χ0v) is 16.8. The molecule has 1 aromatic heterocycles. The van der Waals surface area contributed by atoms with E-state index in [0.717, 1.165) is 16.8 Å². The van der Waals surface area contributed by atoms with Gasteiger partial charge < -0.3 is 26.8 Å². The lowest BCUT2D eigenvalue weighted by molar-refractivity contribution is 0.100. The molecule has 3 aromatic rings. The maximum Gasteiger partial charge on any atom is 0.254 e. The normalized spacial score (nSPS) is 11.7. The number of aromatic nitrogens is 2. The summed E-state index contributed by atoms with van der Waals surface area (Å²) >= 11 is 0. The minimum Gasteiger partial charge on any atom is -0.385 e. The van der Waals surface area contributed by atoms with Crippen molar-refractivity contribution in [3.63, 3.8) is 0 Å². The monoisotopic (exact) mass is 406 g/mol. The van der Waals surface area contributed by atoms with Gasteiger partial charge in [0.25, 0.3) is 5.91 Å². The maximum atomic E-state index is 11.8. The SMILES string of the molecule is COCC[C@H](N)CNc1ncc(C(N)=O)c(Nc2cccc(-c3ccccc3)c2)n1. The molecule has 0 aliphatic carbocycles. The van der Waals surface area contributed by atoms with Gasteiger partial charge in [0.05, 0.1) is 0 Å². The molecule has 0 aliphatic rings. The van der Waals surface area contributed by atoms with Gasteiger partial charge in [0.15, 0.2) is 0 Å². The van der Waals surface area contributed by atoms with Gasteiger partial charge in [-0.15, -0.1) is 0 Å². The average Bonchev–Trinajstić information content (AvgIpc) is 2.77. The first-order valence-electron chi connectivity index (χ1n) is 9.64. The van der Waals surface area contributed by atoms with Crippen molar-refractivity contribution in [3.05, 3.63) is 66.4 Å². The molecule has 0 saturated carbocycles. The number of nitrogens with zero attached hydrogens (tertiary/aromatic N) is 2. The summed E-state index contributed by atoms with van der Waals surface area (Å²) in [5.74, 6) is 0.0744. The highest BCUT2D eigenvalue weighted by atomic mass is 16.5. The zero-order valence-electron chi connectivity index (χ0n) is 16.8. The first kappa shape index (κ1) is 21.2. The first-order valence-corrected chi connectivity index (χ1v) is 9.64. The van der Waals surface area contributed by atoms with Crippen molar-refractivity contribution in [2.75, 3.05) is 30.9 Å². The molecule has 3 rings (SSSR count). The summed E-state index contributed by atoms with van der Waals surface area (Å²) in [6.45, 7) is 1.05. The summed E-state index contributed by atoms with van der Waals surface area (Å²) in [4.78, 5) is 20.4. The number of methoxy groups -OCH3 is 1. The van der Waals surface area contributed by atoms with E-state index in [1.54, 1.807) is 7.11 Å². The fourth-order valence-electron chi connectivity index (χ4n) is 2.88. The summed E-state index contributed by atoms with van der Waals surface area (Å²) in [5, 5.41) is 6.27. The number of amides is 1. The molecular weight excluding hydrogens is 380 g/mol. The molecule has 0 spiro atoms. The second-order valence-corrected chi connectivity index (χ2v) is 6.81. The van der Waals surface area contributed by atoms with E-state index in [1.165, 1.54) is 6.20 Å². The average molecular weight is 406 g/mol. The number of primary amides is 1. The predicted molar refractivity (Wildman–Crippen MR) is 119 cm³/mol. The first-order chi connectivity index (χ1) is 14.6. The van der Waals surface area contributed by atoms with Gasteiger partial charge in [-0.1, -0.05) is 42.5 Å². The van der Waals surface area contributed by atoms with Gasteiger partial charge in [0.1, 0.15) is 11.4 Å². The highest BCUT2D eigenvalue weighted by molar-refractivity contribution is 5.98. The van der Waals surface area contributed by atoms with E-state index in [2.05, 4.69) is 20.6 Å². The van der Waals surface area contributed by atoms with Crippen molar-refractivity contribution in [3.8, 4) is 11.1 Å². The molecule has 0 bridgehead atoms. The van der Waals surface area contributed by atoms with E-state index in [1.807, 2.05) is 54.6 Å². The van der Waals surface area contributed by atoms with Crippen molar-refractivity contribution in [1.29, 1.82) is 0 Å². The summed E-state index contributed by atoms with van der Waals surface area (Å²) in [6.07, 6.45) is 2.11. The van der Waals surface area contributed by atoms with Gasteiger partial charge in [0, 0.05) is 38.2 Å². The number of anilines is 3. The second-order valence-electron chi connectivity index (χ2n) is 6.81. The zero-order chi connectivity index (χ0) is 21.3. The molecule has 0 radical (unpaired) electrons. The third-order valence-corrected chi connectivity index (χ3v) is 4.50. The number of ether oxygens (including phenoxy) is 1. The van der Waals surface area contributed by atoms with Crippen LogP contribution in [0.5, 0.6) is 0 Å². The van der Waals surface area contributed by atoms with Crippen molar-refractivity contribution in [1.82, 2.24) is 9.97 Å². The van der Waals surface area contributed by atoms with Crippen molar-refractivity contribution < 1.29 is 9.53 Å². The molecule has 2 aromatic carbocycles. The Kier molecular flexibility index (Phi) is 7.31. The maximum absolute atomic E-state index is 11.8. The standard InChI is InChI=1S/C22H26N6O2/c1-30-11-10-17(23)13-25-22-26-14-19(20(24)29)21(28-22)27-18-9-5-8-16(12-18)15-6-3-2-4-7-15/h2-9,12,14,17H,10-11,13,23H2,1H3,(H2,24,29)(H2,25,26,27,28)/t17-/m0/s1. The molecule has 156 valence electrons. The second kappa shape index (κ2) is 10.3. The molecule has 8 nitrogen and oxygen atoms in total. The fraction of sp³-hybridized carbons (Fsp3) is 0.227. The van der Waals surface area contributed by atoms with Crippen LogP contribution in [0, 0.1) is 0 Å². The van der Waals surface area contributed by atoms with Crippen LogP contribution in [0.4, 0.5) is 17.5 Å². The minimum absolute atomic E-state index is 0.108. The van der Waals surface area contributed by atoms with E-state index in [4.69, 9.17) is 16.2 Å². The summed E-state index contributed by atoms with van der Waals surface area (Å²) in [6, 6.07) is 17.7. The Hall–Kier alpha value is -3.49. The molecule has 1 atom stereocenters. The van der Waals surface area contributed by atoms with Crippen LogP contribution in [0.3, 0.4) is 0 Å². The molecule has 0 aliphatic heterocycles. The van der Waals surface area contributed by atoms with Crippen molar-refractivity contribution in [2.24, 2.45) is 11.5 Å². The van der Waals surface area contributed by atoms with Crippen LogP contribution in [0.1, 0.15) is 16.8 Å². The third-order valence-electron chi connectivity index (χ3n) is 4.50. The Balaban J connectivity index is 1.79. The fourth-order valence-corrected chi connectivity index (χ4v) is 2.88. The van der Waals surface area contributed by atoms with Crippen molar-refractivity contribution >= 4 is 23.4 Å². The lowest BCUT2D eigenvalue weighted by Crippen LogP contribution is -2.30.